The first kappa shape index (κ1) is 24.1. The summed E-state index contributed by atoms with van der Waals surface area (Å²) in [6.07, 6.45) is 2.25. The minimum Gasteiger partial charge on any atom is -0.347 e. The summed E-state index contributed by atoms with van der Waals surface area (Å²) in [5.41, 5.74) is 2.04. The molecular weight excluding hydrogens is 463 g/mol. The van der Waals surface area contributed by atoms with Gasteiger partial charge in [0.05, 0.1) is 24.6 Å². The van der Waals surface area contributed by atoms with Gasteiger partial charge in [-0.1, -0.05) is 36.4 Å². The van der Waals surface area contributed by atoms with E-state index in [4.69, 9.17) is 9.47 Å². The van der Waals surface area contributed by atoms with Gasteiger partial charge in [0.2, 0.25) is 11.8 Å². The van der Waals surface area contributed by atoms with Crippen LogP contribution < -0.4 is 5.32 Å². The molecular formula is C27H29FN4O4. The number of nitrogens with zero attached hydrogens (tertiary/aromatic N) is 3. The van der Waals surface area contributed by atoms with Crippen LogP contribution in [0.5, 0.6) is 0 Å². The largest absolute Gasteiger partial charge is 0.347 e. The lowest BCUT2D eigenvalue weighted by Crippen LogP contribution is -2.47. The Morgan fingerprint density at radius 2 is 1.72 bits per heavy atom. The third-order valence-electron chi connectivity index (χ3n) is 6.59. The van der Waals surface area contributed by atoms with Crippen molar-refractivity contribution in [1.29, 1.82) is 0 Å². The number of likely N-dealkylation sites (tertiary alicyclic amines) is 1. The summed E-state index contributed by atoms with van der Waals surface area (Å²) in [5.74, 6) is -0.666. The van der Waals surface area contributed by atoms with E-state index in [0.717, 1.165) is 5.56 Å². The van der Waals surface area contributed by atoms with Gasteiger partial charge in [0.1, 0.15) is 11.6 Å². The van der Waals surface area contributed by atoms with Crippen molar-refractivity contribution in [3.05, 3.63) is 66.5 Å². The number of carbonyl (C=O) groups is 2. The topological polar surface area (TPSA) is 85.7 Å². The van der Waals surface area contributed by atoms with E-state index in [0.29, 0.717) is 69.2 Å². The molecule has 3 aromatic rings. The molecule has 2 fully saturated rings. The standard InChI is InChI=1S/C27H29FN4O4/c28-21-8-4-9-22(18-21)32-24(19-23(30-32)20-6-2-1-3-7-20)29-25(33)10-5-11-26(34)31-14-12-27(13-15-31)35-16-17-36-27/h1-4,6-9,18-19H,5,10-17H2,(H,29,33). The Morgan fingerprint density at radius 1 is 0.972 bits per heavy atom. The van der Waals surface area contributed by atoms with Gasteiger partial charge in [-0.15, -0.1) is 0 Å². The molecule has 0 saturated carbocycles. The van der Waals surface area contributed by atoms with Crippen molar-refractivity contribution in [1.82, 2.24) is 14.7 Å². The number of ether oxygens (including phenoxy) is 2. The Hall–Kier alpha value is -3.56. The predicted molar refractivity (Wildman–Crippen MR) is 132 cm³/mol. The monoisotopic (exact) mass is 492 g/mol. The number of rotatable bonds is 7. The third kappa shape index (κ3) is 5.47. The number of hydrogen-bond donors (Lipinski definition) is 1. The fourth-order valence-electron chi connectivity index (χ4n) is 4.67. The first-order valence-electron chi connectivity index (χ1n) is 12.3. The first-order chi connectivity index (χ1) is 17.5. The van der Waals surface area contributed by atoms with Gasteiger partial charge < -0.3 is 19.7 Å². The van der Waals surface area contributed by atoms with Crippen molar-refractivity contribution >= 4 is 17.6 Å². The highest BCUT2D eigenvalue weighted by molar-refractivity contribution is 5.91. The fraction of sp³-hybridized carbons (Fsp3) is 0.370. The Labute approximate surface area is 209 Å². The van der Waals surface area contributed by atoms with Crippen LogP contribution in [0.4, 0.5) is 10.2 Å². The number of benzene rings is 2. The highest BCUT2D eigenvalue weighted by Crippen LogP contribution is 2.31. The Bertz CT molecular complexity index is 1210. The van der Waals surface area contributed by atoms with Crippen LogP contribution in [0.1, 0.15) is 32.1 Å². The van der Waals surface area contributed by atoms with Gasteiger partial charge in [-0.3, -0.25) is 9.59 Å². The maximum Gasteiger partial charge on any atom is 0.225 e. The molecule has 3 heterocycles. The van der Waals surface area contributed by atoms with Gasteiger partial charge >= 0.3 is 0 Å². The van der Waals surface area contributed by atoms with Crippen LogP contribution in [-0.4, -0.2) is 58.6 Å². The second kappa shape index (κ2) is 10.6. The van der Waals surface area contributed by atoms with Crippen LogP contribution in [0.2, 0.25) is 0 Å². The number of nitrogens with one attached hydrogen (secondary N) is 1. The molecule has 0 aliphatic carbocycles. The Balaban J connectivity index is 1.19. The van der Waals surface area contributed by atoms with Crippen molar-refractivity contribution in [2.75, 3.05) is 31.6 Å². The molecule has 0 unspecified atom stereocenters. The fourth-order valence-corrected chi connectivity index (χ4v) is 4.67. The molecule has 0 radical (unpaired) electrons. The van der Waals surface area contributed by atoms with E-state index in [9.17, 15) is 14.0 Å². The molecule has 2 saturated heterocycles. The molecule has 9 heteroatoms. The maximum atomic E-state index is 13.9. The van der Waals surface area contributed by atoms with E-state index < -0.39 is 11.6 Å². The van der Waals surface area contributed by atoms with Gasteiger partial charge in [-0.05, 0) is 24.6 Å². The molecule has 2 aromatic carbocycles. The van der Waals surface area contributed by atoms with E-state index in [1.807, 2.05) is 35.2 Å². The zero-order valence-electron chi connectivity index (χ0n) is 20.0. The van der Waals surface area contributed by atoms with Crippen LogP contribution in [0.25, 0.3) is 16.9 Å². The Kier molecular flexibility index (Phi) is 7.11. The highest BCUT2D eigenvalue weighted by Gasteiger charge is 2.40. The molecule has 188 valence electrons. The number of piperidine rings is 1. The minimum atomic E-state index is -0.514. The van der Waals surface area contributed by atoms with Gasteiger partial charge in [0, 0.05) is 50.4 Å². The predicted octanol–water partition coefficient (Wildman–Crippen LogP) is 4.15. The van der Waals surface area contributed by atoms with Crippen molar-refractivity contribution in [2.24, 2.45) is 0 Å². The SMILES string of the molecule is O=C(CCCC(=O)N1CCC2(CC1)OCCO2)Nc1cc(-c2ccccc2)nn1-c1cccc(F)c1. The van der Waals surface area contributed by atoms with E-state index in [1.54, 1.807) is 18.2 Å². The zero-order chi connectivity index (χ0) is 25.0. The average molecular weight is 493 g/mol. The molecule has 5 rings (SSSR count). The summed E-state index contributed by atoms with van der Waals surface area (Å²) in [6.45, 7) is 2.41. The molecule has 2 amide bonds. The second-order valence-electron chi connectivity index (χ2n) is 9.06. The summed E-state index contributed by atoms with van der Waals surface area (Å²) in [4.78, 5) is 27.2. The lowest BCUT2D eigenvalue weighted by atomic mass is 10.0. The van der Waals surface area contributed by atoms with Crippen molar-refractivity contribution in [2.45, 2.75) is 37.9 Å². The molecule has 0 atom stereocenters. The molecule has 2 aliphatic rings. The van der Waals surface area contributed by atoms with Crippen molar-refractivity contribution in [3.63, 3.8) is 0 Å². The quantitative estimate of drug-likeness (QED) is 0.536. The van der Waals surface area contributed by atoms with Crippen LogP contribution in [0.3, 0.4) is 0 Å². The first-order valence-corrected chi connectivity index (χ1v) is 12.3. The average Bonchev–Trinajstić information content (AvgIpc) is 3.52. The third-order valence-corrected chi connectivity index (χ3v) is 6.59. The minimum absolute atomic E-state index is 0.0341. The van der Waals surface area contributed by atoms with Gasteiger partial charge in [-0.2, -0.15) is 5.10 Å². The summed E-state index contributed by atoms with van der Waals surface area (Å²) in [5, 5.41) is 7.48. The maximum absolute atomic E-state index is 13.9. The lowest BCUT2D eigenvalue weighted by molar-refractivity contribution is -0.187. The van der Waals surface area contributed by atoms with E-state index >= 15 is 0 Å². The molecule has 1 aromatic heterocycles. The number of carbonyl (C=O) groups excluding carboxylic acids is 2. The summed E-state index contributed by atoms with van der Waals surface area (Å²) < 4.78 is 26.8. The van der Waals surface area contributed by atoms with E-state index in [1.165, 1.54) is 16.8 Å². The normalized spacial score (nSPS) is 16.9. The van der Waals surface area contributed by atoms with Gasteiger partial charge in [0.25, 0.3) is 0 Å². The number of amides is 2. The smallest absolute Gasteiger partial charge is 0.225 e. The number of halogens is 1. The van der Waals surface area contributed by atoms with Crippen LogP contribution >= 0.6 is 0 Å². The van der Waals surface area contributed by atoms with Crippen LogP contribution in [0, 0.1) is 5.82 Å². The lowest BCUT2D eigenvalue weighted by Gasteiger charge is -2.37. The van der Waals surface area contributed by atoms with Gasteiger partial charge in [-0.25, -0.2) is 9.07 Å². The Morgan fingerprint density at radius 3 is 2.44 bits per heavy atom. The molecule has 36 heavy (non-hydrogen) atoms. The number of hydrogen-bond acceptors (Lipinski definition) is 5. The number of aromatic nitrogens is 2. The molecule has 1 spiro atoms. The molecule has 1 N–H and O–H groups in total. The van der Waals surface area contributed by atoms with Crippen LogP contribution in [0.15, 0.2) is 60.7 Å². The second-order valence-corrected chi connectivity index (χ2v) is 9.06. The molecule has 2 aliphatic heterocycles. The summed E-state index contributed by atoms with van der Waals surface area (Å²) in [6, 6.07) is 17.4. The summed E-state index contributed by atoms with van der Waals surface area (Å²) in [7, 11) is 0. The van der Waals surface area contributed by atoms with Crippen LogP contribution in [-0.2, 0) is 19.1 Å². The van der Waals surface area contributed by atoms with E-state index in [2.05, 4.69) is 10.4 Å². The van der Waals surface area contributed by atoms with Crippen molar-refractivity contribution < 1.29 is 23.5 Å². The van der Waals surface area contributed by atoms with Gasteiger partial charge in [0.15, 0.2) is 5.79 Å². The van der Waals surface area contributed by atoms with E-state index in [-0.39, 0.29) is 18.2 Å². The van der Waals surface area contributed by atoms with Crippen molar-refractivity contribution in [3.8, 4) is 16.9 Å². The summed E-state index contributed by atoms with van der Waals surface area (Å²) >= 11 is 0. The zero-order valence-corrected chi connectivity index (χ0v) is 20.0. The highest BCUT2D eigenvalue weighted by atomic mass is 19.1. The number of anilines is 1. The molecule has 0 bridgehead atoms. The molecule has 8 nitrogen and oxygen atoms in total.